The number of anilines is 2. The van der Waals surface area contributed by atoms with Crippen molar-refractivity contribution in [3.8, 4) is 0 Å². The number of likely N-dealkylation sites (tertiary alicyclic amines) is 1. The van der Waals surface area contributed by atoms with Crippen molar-refractivity contribution in [2.75, 3.05) is 30.4 Å². The summed E-state index contributed by atoms with van der Waals surface area (Å²) in [6.45, 7) is 5.25. The lowest BCUT2D eigenvalue weighted by Crippen LogP contribution is -2.39. The van der Waals surface area contributed by atoms with Gasteiger partial charge in [0.15, 0.2) is 0 Å². The van der Waals surface area contributed by atoms with Gasteiger partial charge in [0.1, 0.15) is 13.2 Å². The fraction of sp³-hybridized carbons (Fsp3) is 0.400. The predicted octanol–water partition coefficient (Wildman–Crippen LogP) is 3.21. The van der Waals surface area contributed by atoms with Gasteiger partial charge in [0.05, 0.1) is 0 Å². The van der Waals surface area contributed by atoms with Gasteiger partial charge in [-0.3, -0.25) is 15.0 Å². The minimum Gasteiger partial charge on any atom is -0.459 e. The first-order valence-electron chi connectivity index (χ1n) is 9.35. The third-order valence-electron chi connectivity index (χ3n) is 4.27. The first-order valence-corrected chi connectivity index (χ1v) is 9.35. The molecule has 9 nitrogen and oxygen atoms in total. The normalized spacial score (nSPS) is 13.8. The first kappa shape index (κ1) is 21.9. The zero-order valence-corrected chi connectivity index (χ0v) is 16.4. The van der Waals surface area contributed by atoms with E-state index in [2.05, 4.69) is 17.2 Å². The molecule has 0 spiro atoms. The molecule has 29 heavy (non-hydrogen) atoms. The number of aryl methyl sites for hydroxylation is 1. The number of hydrogen-bond donors (Lipinski definition) is 2. The van der Waals surface area contributed by atoms with E-state index in [1.165, 1.54) is 4.90 Å². The van der Waals surface area contributed by atoms with Crippen LogP contribution in [-0.2, 0) is 19.1 Å². The van der Waals surface area contributed by atoms with Gasteiger partial charge in [-0.2, -0.15) is 0 Å². The Labute approximate surface area is 169 Å². The Morgan fingerprint density at radius 3 is 2.66 bits per heavy atom. The van der Waals surface area contributed by atoms with Crippen LogP contribution in [0.4, 0.5) is 21.0 Å². The van der Waals surface area contributed by atoms with E-state index < -0.39 is 18.1 Å². The number of amides is 4. The molecule has 2 N–H and O–H groups in total. The van der Waals surface area contributed by atoms with Gasteiger partial charge in [0.2, 0.25) is 5.91 Å². The van der Waals surface area contributed by atoms with E-state index >= 15 is 0 Å². The van der Waals surface area contributed by atoms with Crippen LogP contribution in [0.25, 0.3) is 0 Å². The number of carbonyl (C=O) groups excluding carboxylic acids is 4. The molecule has 1 aromatic rings. The molecular weight excluding hydrogens is 378 g/mol. The summed E-state index contributed by atoms with van der Waals surface area (Å²) in [4.78, 5) is 48.6. The fourth-order valence-electron chi connectivity index (χ4n) is 2.70. The standard InChI is InChI=1S/C20H25N3O6/c1-3-18(25)28-11-12-29-20(27)21-15-9-8-14(2)16(13-15)22-19(26)23-10-6-4-5-7-17(23)24/h3,8-9,13H,1,4-7,10-12H2,2H3,(H,21,27)(H,22,26). The summed E-state index contributed by atoms with van der Waals surface area (Å²) in [6.07, 6.45) is 3.14. The largest absolute Gasteiger partial charge is 0.459 e. The highest BCUT2D eigenvalue weighted by Crippen LogP contribution is 2.22. The van der Waals surface area contributed by atoms with Gasteiger partial charge in [0, 0.05) is 30.4 Å². The fourth-order valence-corrected chi connectivity index (χ4v) is 2.70. The van der Waals surface area contributed by atoms with E-state index in [0.29, 0.717) is 24.3 Å². The Bertz CT molecular complexity index is 792. The van der Waals surface area contributed by atoms with Gasteiger partial charge in [-0.05, 0) is 37.5 Å². The molecule has 1 aliphatic heterocycles. The van der Waals surface area contributed by atoms with E-state index in [4.69, 9.17) is 9.47 Å². The summed E-state index contributed by atoms with van der Waals surface area (Å²) in [7, 11) is 0. The molecular formula is C20H25N3O6. The molecule has 0 saturated carbocycles. The van der Waals surface area contributed by atoms with Crippen LogP contribution in [0.3, 0.4) is 0 Å². The molecule has 9 heteroatoms. The predicted molar refractivity (Wildman–Crippen MR) is 107 cm³/mol. The smallest absolute Gasteiger partial charge is 0.411 e. The third kappa shape index (κ3) is 6.95. The number of nitrogens with zero attached hydrogens (tertiary/aromatic N) is 1. The second-order valence-electron chi connectivity index (χ2n) is 6.45. The number of ether oxygens (including phenoxy) is 2. The quantitative estimate of drug-likeness (QED) is 0.428. The SMILES string of the molecule is C=CC(=O)OCCOC(=O)Nc1ccc(C)c(NC(=O)N2CCCCCC2=O)c1. The van der Waals surface area contributed by atoms with Gasteiger partial charge >= 0.3 is 18.1 Å². The minimum absolute atomic E-state index is 0.0860. The van der Waals surface area contributed by atoms with Gasteiger partial charge in [-0.15, -0.1) is 0 Å². The molecule has 0 aromatic heterocycles. The van der Waals surface area contributed by atoms with E-state index in [0.717, 1.165) is 30.9 Å². The number of benzene rings is 1. The van der Waals surface area contributed by atoms with Gasteiger partial charge in [-0.25, -0.2) is 14.4 Å². The van der Waals surface area contributed by atoms with Crippen molar-refractivity contribution in [3.63, 3.8) is 0 Å². The lowest BCUT2D eigenvalue weighted by atomic mass is 10.2. The van der Waals surface area contributed by atoms with Crippen LogP contribution in [0.2, 0.25) is 0 Å². The average molecular weight is 403 g/mol. The van der Waals surface area contributed by atoms with Crippen LogP contribution in [0.1, 0.15) is 31.2 Å². The zero-order valence-electron chi connectivity index (χ0n) is 16.4. The second kappa shape index (κ2) is 10.8. The molecule has 0 radical (unpaired) electrons. The molecule has 1 aliphatic rings. The van der Waals surface area contributed by atoms with E-state index in [9.17, 15) is 19.2 Å². The Kier molecular flexibility index (Phi) is 8.20. The third-order valence-corrected chi connectivity index (χ3v) is 4.27. The number of carbonyl (C=O) groups is 4. The summed E-state index contributed by atoms with van der Waals surface area (Å²) in [5, 5.41) is 5.26. The summed E-state index contributed by atoms with van der Waals surface area (Å²) in [5.41, 5.74) is 1.65. The first-order chi connectivity index (χ1) is 13.9. The molecule has 0 aliphatic carbocycles. The number of esters is 1. The maximum Gasteiger partial charge on any atom is 0.411 e. The lowest BCUT2D eigenvalue weighted by molar-refractivity contribution is -0.138. The summed E-state index contributed by atoms with van der Waals surface area (Å²) < 4.78 is 9.62. The molecule has 156 valence electrons. The van der Waals surface area contributed by atoms with Gasteiger partial charge in [-0.1, -0.05) is 19.1 Å². The van der Waals surface area contributed by atoms with Gasteiger partial charge < -0.3 is 14.8 Å². The topological polar surface area (TPSA) is 114 Å². The number of nitrogens with one attached hydrogen (secondary N) is 2. The molecule has 0 bridgehead atoms. The number of rotatable bonds is 6. The van der Waals surface area contributed by atoms with Crippen LogP contribution in [0.15, 0.2) is 30.9 Å². The maximum absolute atomic E-state index is 12.5. The van der Waals surface area contributed by atoms with Crippen molar-refractivity contribution in [1.29, 1.82) is 0 Å². The average Bonchev–Trinajstić information content (AvgIpc) is 2.92. The molecule has 1 aromatic carbocycles. The molecule has 1 heterocycles. The second-order valence-corrected chi connectivity index (χ2v) is 6.45. The molecule has 1 saturated heterocycles. The van der Waals surface area contributed by atoms with E-state index in [1.54, 1.807) is 25.1 Å². The summed E-state index contributed by atoms with van der Waals surface area (Å²) in [6, 6.07) is 4.47. The highest BCUT2D eigenvalue weighted by molar-refractivity contribution is 6.02. The molecule has 4 amide bonds. The van der Waals surface area contributed by atoms with Crippen molar-refractivity contribution in [1.82, 2.24) is 4.90 Å². The molecule has 1 fully saturated rings. The number of imide groups is 1. The minimum atomic E-state index is -0.733. The molecule has 0 unspecified atom stereocenters. The Balaban J connectivity index is 1.92. The van der Waals surface area contributed by atoms with Crippen molar-refractivity contribution in [3.05, 3.63) is 36.4 Å². The maximum atomic E-state index is 12.5. The Morgan fingerprint density at radius 1 is 1.14 bits per heavy atom. The Morgan fingerprint density at radius 2 is 1.90 bits per heavy atom. The monoisotopic (exact) mass is 403 g/mol. The van der Waals surface area contributed by atoms with Crippen LogP contribution >= 0.6 is 0 Å². The summed E-state index contributed by atoms with van der Waals surface area (Å²) in [5.74, 6) is -0.788. The summed E-state index contributed by atoms with van der Waals surface area (Å²) >= 11 is 0. The Hall–Kier alpha value is -3.36. The van der Waals surface area contributed by atoms with E-state index in [1.807, 2.05) is 0 Å². The van der Waals surface area contributed by atoms with Crippen LogP contribution < -0.4 is 10.6 Å². The number of hydrogen-bond acceptors (Lipinski definition) is 6. The molecule has 0 atom stereocenters. The zero-order chi connectivity index (χ0) is 21.2. The van der Waals surface area contributed by atoms with Gasteiger partial charge in [0.25, 0.3) is 0 Å². The number of urea groups is 1. The van der Waals surface area contributed by atoms with Crippen LogP contribution in [0, 0.1) is 6.92 Å². The highest BCUT2D eigenvalue weighted by Gasteiger charge is 2.23. The highest BCUT2D eigenvalue weighted by atomic mass is 16.6. The lowest BCUT2D eigenvalue weighted by Gasteiger charge is -2.20. The van der Waals surface area contributed by atoms with Crippen molar-refractivity contribution in [2.45, 2.75) is 32.6 Å². The van der Waals surface area contributed by atoms with Crippen LogP contribution in [-0.4, -0.2) is 48.7 Å². The molecule has 2 rings (SSSR count). The van der Waals surface area contributed by atoms with E-state index in [-0.39, 0.29) is 19.1 Å². The van der Waals surface area contributed by atoms with Crippen molar-refractivity contribution in [2.24, 2.45) is 0 Å². The van der Waals surface area contributed by atoms with Crippen molar-refractivity contribution >= 4 is 35.4 Å². The van der Waals surface area contributed by atoms with Crippen molar-refractivity contribution < 1.29 is 28.7 Å². The van der Waals surface area contributed by atoms with Crippen LogP contribution in [0.5, 0.6) is 0 Å².